The van der Waals surface area contributed by atoms with Crippen molar-refractivity contribution < 1.29 is 0 Å². The third kappa shape index (κ3) is 4.69. The van der Waals surface area contributed by atoms with E-state index in [0.29, 0.717) is 5.92 Å². The standard InChI is InChI=1S/C13H20ClNS/c1-4-7-15-9-11(10(2)3)8-12-5-6-13(14)16-12/h5-6,8,10,15H,4,7,9H2,1-3H3. The van der Waals surface area contributed by atoms with Crippen molar-refractivity contribution in [3.8, 4) is 0 Å². The Morgan fingerprint density at radius 2 is 2.25 bits per heavy atom. The Hall–Kier alpha value is -0.310. The Bertz CT molecular complexity index is 341. The van der Waals surface area contributed by atoms with E-state index in [4.69, 9.17) is 11.6 Å². The fraction of sp³-hybridized carbons (Fsp3) is 0.538. The van der Waals surface area contributed by atoms with Crippen molar-refractivity contribution in [2.24, 2.45) is 5.92 Å². The number of hydrogen-bond acceptors (Lipinski definition) is 2. The lowest BCUT2D eigenvalue weighted by molar-refractivity contribution is 0.657. The topological polar surface area (TPSA) is 12.0 Å². The first-order valence-electron chi connectivity index (χ1n) is 5.80. The summed E-state index contributed by atoms with van der Waals surface area (Å²) in [6.45, 7) is 8.70. The molecule has 0 unspecified atom stereocenters. The molecule has 1 heterocycles. The molecule has 0 spiro atoms. The maximum Gasteiger partial charge on any atom is 0.0934 e. The van der Waals surface area contributed by atoms with Gasteiger partial charge in [-0.3, -0.25) is 0 Å². The van der Waals surface area contributed by atoms with Crippen LogP contribution in [0, 0.1) is 5.92 Å². The smallest absolute Gasteiger partial charge is 0.0934 e. The molecular formula is C13H20ClNS. The summed E-state index contributed by atoms with van der Waals surface area (Å²) in [4.78, 5) is 1.24. The molecule has 0 aromatic carbocycles. The fourth-order valence-corrected chi connectivity index (χ4v) is 2.46. The molecule has 0 radical (unpaired) electrons. The first-order valence-corrected chi connectivity index (χ1v) is 6.99. The molecule has 0 saturated carbocycles. The number of nitrogens with one attached hydrogen (secondary N) is 1. The lowest BCUT2D eigenvalue weighted by Crippen LogP contribution is -2.19. The van der Waals surface area contributed by atoms with Gasteiger partial charge in [0, 0.05) is 11.4 Å². The molecule has 0 amide bonds. The minimum atomic E-state index is 0.574. The van der Waals surface area contributed by atoms with E-state index in [9.17, 15) is 0 Å². The van der Waals surface area contributed by atoms with Gasteiger partial charge in [-0.2, -0.15) is 0 Å². The average molecular weight is 258 g/mol. The van der Waals surface area contributed by atoms with Crippen LogP contribution in [0.5, 0.6) is 0 Å². The minimum absolute atomic E-state index is 0.574. The SMILES string of the molecule is CCCNCC(=Cc1ccc(Cl)s1)C(C)C. The van der Waals surface area contributed by atoms with E-state index in [-0.39, 0.29) is 0 Å². The maximum atomic E-state index is 5.92. The molecule has 1 rings (SSSR count). The second-order valence-electron chi connectivity index (χ2n) is 4.19. The molecular weight excluding hydrogens is 238 g/mol. The lowest BCUT2D eigenvalue weighted by atomic mass is 10.0. The summed E-state index contributed by atoms with van der Waals surface area (Å²) >= 11 is 7.56. The minimum Gasteiger partial charge on any atom is -0.313 e. The summed E-state index contributed by atoms with van der Waals surface area (Å²) in [7, 11) is 0. The van der Waals surface area contributed by atoms with Crippen molar-refractivity contribution in [2.45, 2.75) is 27.2 Å². The van der Waals surface area contributed by atoms with Gasteiger partial charge in [0.2, 0.25) is 0 Å². The second-order valence-corrected chi connectivity index (χ2v) is 5.94. The van der Waals surface area contributed by atoms with E-state index in [1.54, 1.807) is 11.3 Å². The van der Waals surface area contributed by atoms with E-state index < -0.39 is 0 Å². The van der Waals surface area contributed by atoms with Crippen molar-refractivity contribution >= 4 is 29.0 Å². The van der Waals surface area contributed by atoms with Crippen molar-refractivity contribution in [1.82, 2.24) is 5.32 Å². The number of thiophene rings is 1. The monoisotopic (exact) mass is 257 g/mol. The molecule has 16 heavy (non-hydrogen) atoms. The van der Waals surface area contributed by atoms with Crippen molar-refractivity contribution in [2.75, 3.05) is 13.1 Å². The van der Waals surface area contributed by atoms with Crippen LogP contribution in [0.1, 0.15) is 32.1 Å². The summed E-state index contributed by atoms with van der Waals surface area (Å²) in [6, 6.07) is 4.03. The third-order valence-electron chi connectivity index (χ3n) is 2.42. The van der Waals surface area contributed by atoms with E-state index in [1.165, 1.54) is 16.9 Å². The first kappa shape index (κ1) is 13.8. The summed E-state index contributed by atoms with van der Waals surface area (Å²) in [5.74, 6) is 0.574. The van der Waals surface area contributed by atoms with Crippen LogP contribution in [-0.4, -0.2) is 13.1 Å². The Morgan fingerprint density at radius 1 is 1.50 bits per heavy atom. The largest absolute Gasteiger partial charge is 0.313 e. The summed E-state index contributed by atoms with van der Waals surface area (Å²) < 4.78 is 0.857. The fourth-order valence-electron chi connectivity index (χ4n) is 1.42. The van der Waals surface area contributed by atoms with Crippen molar-refractivity contribution in [3.63, 3.8) is 0 Å². The molecule has 0 saturated heterocycles. The molecule has 1 N–H and O–H groups in total. The van der Waals surface area contributed by atoms with Gasteiger partial charge in [-0.25, -0.2) is 0 Å². The predicted octanol–water partition coefficient (Wildman–Crippen LogP) is 4.44. The molecule has 1 aromatic heterocycles. The normalized spacial score (nSPS) is 12.4. The molecule has 0 bridgehead atoms. The average Bonchev–Trinajstić information content (AvgIpc) is 2.63. The molecule has 0 fully saturated rings. The van der Waals surface area contributed by atoms with Gasteiger partial charge < -0.3 is 5.32 Å². The Labute approximate surface area is 108 Å². The van der Waals surface area contributed by atoms with Crippen LogP contribution in [0.25, 0.3) is 6.08 Å². The van der Waals surface area contributed by atoms with Gasteiger partial charge in [0.15, 0.2) is 0 Å². The molecule has 0 aliphatic heterocycles. The van der Waals surface area contributed by atoms with Gasteiger partial charge in [0.25, 0.3) is 0 Å². The van der Waals surface area contributed by atoms with E-state index >= 15 is 0 Å². The van der Waals surface area contributed by atoms with Crippen LogP contribution in [0.15, 0.2) is 17.7 Å². The lowest BCUT2D eigenvalue weighted by Gasteiger charge is -2.12. The molecule has 0 atom stereocenters. The highest BCUT2D eigenvalue weighted by atomic mass is 35.5. The molecule has 90 valence electrons. The van der Waals surface area contributed by atoms with E-state index in [0.717, 1.165) is 17.4 Å². The second kappa shape index (κ2) is 7.10. The highest BCUT2D eigenvalue weighted by molar-refractivity contribution is 7.17. The predicted molar refractivity (Wildman–Crippen MR) is 75.3 cm³/mol. The highest BCUT2D eigenvalue weighted by Crippen LogP contribution is 2.24. The quantitative estimate of drug-likeness (QED) is 0.743. The van der Waals surface area contributed by atoms with Gasteiger partial charge in [-0.1, -0.05) is 37.9 Å². The van der Waals surface area contributed by atoms with Gasteiger partial charge in [0.05, 0.1) is 4.34 Å². The molecule has 0 aliphatic carbocycles. The van der Waals surface area contributed by atoms with Crippen LogP contribution in [0.2, 0.25) is 4.34 Å². The van der Waals surface area contributed by atoms with Crippen LogP contribution >= 0.6 is 22.9 Å². The van der Waals surface area contributed by atoms with Crippen molar-refractivity contribution in [1.29, 1.82) is 0 Å². The molecule has 0 aliphatic rings. The Kier molecular flexibility index (Phi) is 6.10. The first-order chi connectivity index (χ1) is 7.63. The summed E-state index contributed by atoms with van der Waals surface area (Å²) in [5, 5.41) is 3.45. The van der Waals surface area contributed by atoms with Crippen molar-refractivity contribution in [3.05, 3.63) is 26.9 Å². The third-order valence-corrected chi connectivity index (χ3v) is 3.60. The Balaban J connectivity index is 2.65. The number of hydrogen-bond donors (Lipinski definition) is 1. The zero-order valence-corrected chi connectivity index (χ0v) is 11.8. The molecule has 1 aromatic rings. The van der Waals surface area contributed by atoms with Gasteiger partial charge in [-0.05, 0) is 37.1 Å². The van der Waals surface area contributed by atoms with Gasteiger partial charge >= 0.3 is 0 Å². The molecule has 1 nitrogen and oxygen atoms in total. The van der Waals surface area contributed by atoms with Crippen LogP contribution in [0.3, 0.4) is 0 Å². The van der Waals surface area contributed by atoms with E-state index in [1.807, 2.05) is 6.07 Å². The number of rotatable bonds is 6. The van der Waals surface area contributed by atoms with Crippen LogP contribution in [0.4, 0.5) is 0 Å². The number of halogens is 1. The summed E-state index contributed by atoms with van der Waals surface area (Å²) in [5.41, 5.74) is 1.44. The summed E-state index contributed by atoms with van der Waals surface area (Å²) in [6.07, 6.45) is 3.43. The van der Waals surface area contributed by atoms with Crippen LogP contribution < -0.4 is 5.32 Å². The zero-order chi connectivity index (χ0) is 12.0. The van der Waals surface area contributed by atoms with Crippen LogP contribution in [-0.2, 0) is 0 Å². The van der Waals surface area contributed by atoms with Gasteiger partial charge in [0.1, 0.15) is 0 Å². The van der Waals surface area contributed by atoms with E-state index in [2.05, 4.69) is 38.2 Å². The molecule has 3 heteroatoms. The Morgan fingerprint density at radius 3 is 2.75 bits per heavy atom. The zero-order valence-electron chi connectivity index (χ0n) is 10.2. The highest BCUT2D eigenvalue weighted by Gasteiger charge is 2.04. The van der Waals surface area contributed by atoms with Gasteiger partial charge in [-0.15, -0.1) is 11.3 Å². The maximum absolute atomic E-state index is 5.92.